The van der Waals surface area contributed by atoms with Crippen molar-refractivity contribution >= 4 is 17.4 Å². The van der Waals surface area contributed by atoms with Gasteiger partial charge in [0, 0.05) is 12.7 Å². The normalized spacial score (nSPS) is 10.2. The van der Waals surface area contributed by atoms with Gasteiger partial charge >= 0.3 is 0 Å². The van der Waals surface area contributed by atoms with Crippen LogP contribution in [0, 0.1) is 0 Å². The summed E-state index contributed by atoms with van der Waals surface area (Å²) in [4.78, 5) is 7.93. The molecule has 0 amide bonds. The molecule has 1 aromatic heterocycles. The van der Waals surface area contributed by atoms with Gasteiger partial charge in [-0.1, -0.05) is 31.2 Å². The molecule has 4 heteroatoms. The Morgan fingerprint density at radius 1 is 1.18 bits per heavy atom. The smallest absolute Gasteiger partial charge is 0.224 e. The van der Waals surface area contributed by atoms with Crippen LogP contribution in [0.5, 0.6) is 0 Å². The van der Waals surface area contributed by atoms with E-state index in [0.717, 1.165) is 18.8 Å². The monoisotopic (exact) mass is 247 g/mol. The zero-order valence-corrected chi connectivity index (χ0v) is 10.4. The van der Waals surface area contributed by atoms with Gasteiger partial charge in [0.1, 0.15) is 5.82 Å². The van der Waals surface area contributed by atoms with Gasteiger partial charge < -0.3 is 5.32 Å². The lowest BCUT2D eigenvalue weighted by atomic mass is 10.1. The number of halogens is 1. The number of nitrogens with one attached hydrogen (secondary N) is 1. The van der Waals surface area contributed by atoms with E-state index in [-0.39, 0.29) is 5.28 Å². The van der Waals surface area contributed by atoms with Gasteiger partial charge in [-0.05, 0) is 35.2 Å². The van der Waals surface area contributed by atoms with E-state index in [1.807, 2.05) is 6.07 Å². The average molecular weight is 248 g/mol. The molecule has 0 aliphatic rings. The van der Waals surface area contributed by atoms with Crippen LogP contribution in [-0.2, 0) is 13.0 Å². The van der Waals surface area contributed by atoms with E-state index >= 15 is 0 Å². The first-order valence-electron chi connectivity index (χ1n) is 5.59. The Hall–Kier alpha value is -1.61. The molecule has 3 nitrogen and oxygen atoms in total. The van der Waals surface area contributed by atoms with Crippen LogP contribution in [0.15, 0.2) is 36.5 Å². The fourth-order valence-electron chi connectivity index (χ4n) is 1.69. The Morgan fingerprint density at radius 3 is 2.65 bits per heavy atom. The SMILES string of the molecule is CCc1ccccc1CNc1ccnc(Cl)n1. The molecule has 0 saturated carbocycles. The summed E-state index contributed by atoms with van der Waals surface area (Å²) in [6, 6.07) is 10.2. The maximum Gasteiger partial charge on any atom is 0.224 e. The first kappa shape index (κ1) is 11.9. The largest absolute Gasteiger partial charge is 0.366 e. The third kappa shape index (κ3) is 3.17. The summed E-state index contributed by atoms with van der Waals surface area (Å²) >= 11 is 5.72. The maximum atomic E-state index is 5.72. The number of nitrogens with zero attached hydrogens (tertiary/aromatic N) is 2. The second-order valence-corrected chi connectivity index (χ2v) is 4.02. The molecule has 1 heterocycles. The van der Waals surface area contributed by atoms with Gasteiger partial charge in [0.15, 0.2) is 0 Å². The highest BCUT2D eigenvalue weighted by molar-refractivity contribution is 6.28. The van der Waals surface area contributed by atoms with Crippen molar-refractivity contribution in [1.82, 2.24) is 9.97 Å². The van der Waals surface area contributed by atoms with E-state index in [0.29, 0.717) is 0 Å². The molecule has 0 spiro atoms. The van der Waals surface area contributed by atoms with Crippen LogP contribution in [0.25, 0.3) is 0 Å². The van der Waals surface area contributed by atoms with E-state index < -0.39 is 0 Å². The summed E-state index contributed by atoms with van der Waals surface area (Å²) in [5.74, 6) is 0.746. The van der Waals surface area contributed by atoms with E-state index in [2.05, 4.69) is 40.4 Å². The summed E-state index contributed by atoms with van der Waals surface area (Å²) in [6.45, 7) is 2.90. The van der Waals surface area contributed by atoms with Crippen LogP contribution < -0.4 is 5.32 Å². The maximum absolute atomic E-state index is 5.72. The Labute approximate surface area is 106 Å². The lowest BCUT2D eigenvalue weighted by Gasteiger charge is -2.09. The second kappa shape index (κ2) is 5.64. The van der Waals surface area contributed by atoms with E-state index in [1.54, 1.807) is 12.3 Å². The number of aryl methyl sites for hydroxylation is 1. The van der Waals surface area contributed by atoms with Crippen molar-refractivity contribution < 1.29 is 0 Å². The molecular weight excluding hydrogens is 234 g/mol. The van der Waals surface area contributed by atoms with E-state index in [4.69, 9.17) is 11.6 Å². The number of benzene rings is 1. The second-order valence-electron chi connectivity index (χ2n) is 3.69. The van der Waals surface area contributed by atoms with Gasteiger partial charge in [-0.25, -0.2) is 9.97 Å². The number of anilines is 1. The van der Waals surface area contributed by atoms with Gasteiger partial charge in [0.2, 0.25) is 5.28 Å². The predicted octanol–water partition coefficient (Wildman–Crippen LogP) is 3.30. The summed E-state index contributed by atoms with van der Waals surface area (Å²) < 4.78 is 0. The average Bonchev–Trinajstić information content (AvgIpc) is 2.37. The molecule has 2 rings (SSSR count). The number of rotatable bonds is 4. The minimum atomic E-state index is 0.263. The molecule has 0 bridgehead atoms. The van der Waals surface area contributed by atoms with Gasteiger partial charge in [0.05, 0.1) is 0 Å². The molecule has 1 N–H and O–H groups in total. The highest BCUT2D eigenvalue weighted by atomic mass is 35.5. The molecule has 88 valence electrons. The van der Waals surface area contributed by atoms with E-state index in [1.165, 1.54) is 11.1 Å². The zero-order valence-electron chi connectivity index (χ0n) is 9.65. The fraction of sp³-hybridized carbons (Fsp3) is 0.231. The molecule has 0 atom stereocenters. The molecule has 0 radical (unpaired) electrons. The van der Waals surface area contributed by atoms with Crippen LogP contribution in [0.4, 0.5) is 5.82 Å². The highest BCUT2D eigenvalue weighted by Gasteiger charge is 2.00. The lowest BCUT2D eigenvalue weighted by Crippen LogP contribution is -2.04. The molecule has 0 fully saturated rings. The quantitative estimate of drug-likeness (QED) is 0.843. The van der Waals surface area contributed by atoms with Crippen molar-refractivity contribution in [2.45, 2.75) is 19.9 Å². The van der Waals surface area contributed by atoms with E-state index in [9.17, 15) is 0 Å². The van der Waals surface area contributed by atoms with Crippen LogP contribution in [0.3, 0.4) is 0 Å². The number of hydrogen-bond donors (Lipinski definition) is 1. The molecule has 17 heavy (non-hydrogen) atoms. The lowest BCUT2D eigenvalue weighted by molar-refractivity contribution is 1.03. The van der Waals surface area contributed by atoms with Crippen molar-refractivity contribution in [3.63, 3.8) is 0 Å². The summed E-state index contributed by atoms with van der Waals surface area (Å²) in [6.07, 6.45) is 2.67. The van der Waals surface area contributed by atoms with Crippen LogP contribution in [-0.4, -0.2) is 9.97 Å². The fourth-order valence-corrected chi connectivity index (χ4v) is 1.84. The Morgan fingerprint density at radius 2 is 1.94 bits per heavy atom. The van der Waals surface area contributed by atoms with Crippen molar-refractivity contribution in [1.29, 1.82) is 0 Å². The van der Waals surface area contributed by atoms with Crippen molar-refractivity contribution in [3.05, 3.63) is 52.9 Å². The van der Waals surface area contributed by atoms with Gasteiger partial charge in [-0.3, -0.25) is 0 Å². The summed E-state index contributed by atoms with van der Waals surface area (Å²) in [5, 5.41) is 3.50. The molecule has 1 aromatic carbocycles. The highest BCUT2D eigenvalue weighted by Crippen LogP contribution is 2.12. The predicted molar refractivity (Wildman–Crippen MR) is 70.2 cm³/mol. The Kier molecular flexibility index (Phi) is 3.94. The van der Waals surface area contributed by atoms with Crippen molar-refractivity contribution in [2.75, 3.05) is 5.32 Å². The Balaban J connectivity index is 2.07. The molecular formula is C13H14ClN3. The molecule has 0 unspecified atom stereocenters. The summed E-state index contributed by atoms with van der Waals surface area (Å²) in [7, 11) is 0. The van der Waals surface area contributed by atoms with Gasteiger partial charge in [-0.15, -0.1) is 0 Å². The minimum absolute atomic E-state index is 0.263. The minimum Gasteiger partial charge on any atom is -0.366 e. The third-order valence-corrected chi connectivity index (χ3v) is 2.77. The molecule has 2 aromatic rings. The standard InChI is InChI=1S/C13H14ClN3/c1-2-10-5-3-4-6-11(10)9-16-12-7-8-15-13(14)17-12/h3-8H,2,9H2,1H3,(H,15,16,17). The van der Waals surface area contributed by atoms with Gasteiger partial charge in [0.25, 0.3) is 0 Å². The molecule has 0 aliphatic heterocycles. The Bertz CT molecular complexity index is 500. The zero-order chi connectivity index (χ0) is 12.1. The molecule has 0 aliphatic carbocycles. The van der Waals surface area contributed by atoms with Crippen LogP contribution in [0.2, 0.25) is 5.28 Å². The van der Waals surface area contributed by atoms with Crippen LogP contribution in [0.1, 0.15) is 18.1 Å². The third-order valence-electron chi connectivity index (χ3n) is 2.59. The van der Waals surface area contributed by atoms with Crippen LogP contribution >= 0.6 is 11.6 Å². The van der Waals surface area contributed by atoms with Gasteiger partial charge in [-0.2, -0.15) is 0 Å². The first-order valence-corrected chi connectivity index (χ1v) is 5.96. The summed E-state index contributed by atoms with van der Waals surface area (Å²) in [5.41, 5.74) is 2.63. The van der Waals surface area contributed by atoms with Crippen molar-refractivity contribution in [3.8, 4) is 0 Å². The number of hydrogen-bond acceptors (Lipinski definition) is 3. The first-order chi connectivity index (χ1) is 8.29. The topological polar surface area (TPSA) is 37.8 Å². The number of aromatic nitrogens is 2. The molecule has 0 saturated heterocycles. The van der Waals surface area contributed by atoms with Crippen molar-refractivity contribution in [2.24, 2.45) is 0 Å².